The molecule has 0 atom stereocenters. The van der Waals surface area contributed by atoms with Crippen molar-refractivity contribution in [2.24, 2.45) is 0 Å². The molecule has 1 aliphatic rings. The Morgan fingerprint density at radius 3 is 2.17 bits per heavy atom. The number of benzene rings is 1. The third-order valence-corrected chi connectivity index (χ3v) is 3.88. The molecule has 3 rings (SSSR count). The number of piperazine rings is 1. The van der Waals surface area contributed by atoms with E-state index >= 15 is 0 Å². The average molecular weight is 333 g/mol. The Morgan fingerprint density at radius 2 is 1.58 bits per heavy atom. The highest BCUT2D eigenvalue weighted by molar-refractivity contribution is 5.50. The summed E-state index contributed by atoms with van der Waals surface area (Å²) in [6.07, 6.45) is -2.77. The van der Waals surface area contributed by atoms with Crippen molar-refractivity contribution in [3.8, 4) is 6.07 Å². The summed E-state index contributed by atoms with van der Waals surface area (Å²) in [5, 5.41) is 8.88. The first-order chi connectivity index (χ1) is 11.5. The molecule has 1 aromatic carbocycles. The number of nitriles is 1. The maximum Gasteiger partial charge on any atom is 0.416 e. The predicted molar refractivity (Wildman–Crippen MR) is 82.6 cm³/mol. The molecule has 0 spiro atoms. The van der Waals surface area contributed by atoms with E-state index in [4.69, 9.17) is 5.26 Å². The van der Waals surface area contributed by atoms with Crippen molar-refractivity contribution in [1.82, 2.24) is 9.97 Å². The lowest BCUT2D eigenvalue weighted by atomic mass is 10.1. The number of anilines is 2. The lowest BCUT2D eigenvalue weighted by molar-refractivity contribution is -0.137. The van der Waals surface area contributed by atoms with Crippen LogP contribution in [-0.4, -0.2) is 36.1 Å². The van der Waals surface area contributed by atoms with Gasteiger partial charge in [0.25, 0.3) is 0 Å². The second-order valence-corrected chi connectivity index (χ2v) is 5.37. The topological polar surface area (TPSA) is 56.1 Å². The first-order valence-electron chi connectivity index (χ1n) is 7.38. The van der Waals surface area contributed by atoms with Crippen molar-refractivity contribution in [3.63, 3.8) is 0 Å². The number of hydrogen-bond donors (Lipinski definition) is 0. The minimum Gasteiger partial charge on any atom is -0.368 e. The van der Waals surface area contributed by atoms with Gasteiger partial charge in [0.15, 0.2) is 0 Å². The van der Waals surface area contributed by atoms with E-state index in [9.17, 15) is 13.2 Å². The van der Waals surface area contributed by atoms with Crippen LogP contribution in [0.15, 0.2) is 36.5 Å². The molecule has 0 amide bonds. The SMILES string of the molecule is N#Cc1ccnc(N2CCN(c3ccc(C(F)(F)F)cc3)CC2)n1. The summed E-state index contributed by atoms with van der Waals surface area (Å²) in [7, 11) is 0. The van der Waals surface area contributed by atoms with Crippen LogP contribution >= 0.6 is 0 Å². The quantitative estimate of drug-likeness (QED) is 0.846. The average Bonchev–Trinajstić information content (AvgIpc) is 2.61. The van der Waals surface area contributed by atoms with Crippen LogP contribution in [-0.2, 0) is 6.18 Å². The van der Waals surface area contributed by atoms with Gasteiger partial charge in [0.1, 0.15) is 11.8 Å². The molecular weight excluding hydrogens is 319 g/mol. The zero-order chi connectivity index (χ0) is 17.2. The van der Waals surface area contributed by atoms with Crippen molar-refractivity contribution >= 4 is 11.6 Å². The Morgan fingerprint density at radius 1 is 0.958 bits per heavy atom. The standard InChI is InChI=1S/C16H14F3N5/c17-16(18,19)12-1-3-14(4-2-12)23-7-9-24(10-8-23)15-21-6-5-13(11-20)22-15/h1-6H,7-10H2. The lowest BCUT2D eigenvalue weighted by Crippen LogP contribution is -2.47. The van der Waals surface area contributed by atoms with E-state index in [1.807, 2.05) is 15.9 Å². The number of nitrogens with zero attached hydrogens (tertiary/aromatic N) is 5. The summed E-state index contributed by atoms with van der Waals surface area (Å²) in [5.41, 5.74) is 0.422. The fourth-order valence-corrected chi connectivity index (χ4v) is 2.59. The molecule has 1 fully saturated rings. The van der Waals surface area contributed by atoms with Crippen molar-refractivity contribution in [3.05, 3.63) is 47.8 Å². The normalized spacial score (nSPS) is 15.2. The van der Waals surface area contributed by atoms with Gasteiger partial charge >= 0.3 is 6.18 Å². The highest BCUT2D eigenvalue weighted by Gasteiger charge is 2.30. The van der Waals surface area contributed by atoms with Gasteiger partial charge in [0, 0.05) is 38.1 Å². The van der Waals surface area contributed by atoms with Crippen molar-refractivity contribution in [2.75, 3.05) is 36.0 Å². The van der Waals surface area contributed by atoms with E-state index in [1.54, 1.807) is 12.3 Å². The van der Waals surface area contributed by atoms with Gasteiger partial charge in [-0.05, 0) is 30.3 Å². The van der Waals surface area contributed by atoms with Gasteiger partial charge in [-0.25, -0.2) is 9.97 Å². The zero-order valence-corrected chi connectivity index (χ0v) is 12.7. The molecule has 1 aliphatic heterocycles. The largest absolute Gasteiger partial charge is 0.416 e. The van der Waals surface area contributed by atoms with Crippen LogP contribution < -0.4 is 9.80 Å². The highest BCUT2D eigenvalue weighted by Crippen LogP contribution is 2.30. The summed E-state index contributed by atoms with van der Waals surface area (Å²) >= 11 is 0. The van der Waals surface area contributed by atoms with Crippen LogP contribution in [0.1, 0.15) is 11.3 Å². The van der Waals surface area contributed by atoms with E-state index < -0.39 is 11.7 Å². The summed E-state index contributed by atoms with van der Waals surface area (Å²) in [6, 6.07) is 8.70. The molecule has 2 aromatic rings. The van der Waals surface area contributed by atoms with Crippen molar-refractivity contribution in [2.45, 2.75) is 6.18 Å². The number of hydrogen-bond acceptors (Lipinski definition) is 5. The molecule has 0 bridgehead atoms. The minimum atomic E-state index is -4.32. The number of aromatic nitrogens is 2. The third-order valence-electron chi connectivity index (χ3n) is 3.88. The first kappa shape index (κ1) is 16.1. The molecule has 0 saturated carbocycles. The molecule has 0 unspecified atom stereocenters. The smallest absolute Gasteiger partial charge is 0.368 e. The molecule has 24 heavy (non-hydrogen) atoms. The number of alkyl halides is 3. The molecule has 1 aromatic heterocycles. The minimum absolute atomic E-state index is 0.310. The summed E-state index contributed by atoms with van der Waals surface area (Å²) < 4.78 is 37.8. The Bertz CT molecular complexity index is 744. The maximum atomic E-state index is 12.6. The Hall–Kier alpha value is -2.82. The summed E-state index contributed by atoms with van der Waals surface area (Å²) in [5.74, 6) is 0.501. The Balaban J connectivity index is 1.65. The van der Waals surface area contributed by atoms with Crippen LogP contribution in [0.3, 0.4) is 0 Å². The molecule has 0 aliphatic carbocycles. The lowest BCUT2D eigenvalue weighted by Gasteiger charge is -2.36. The van der Waals surface area contributed by atoms with Crippen LogP contribution in [0.2, 0.25) is 0 Å². The van der Waals surface area contributed by atoms with E-state index in [-0.39, 0.29) is 0 Å². The van der Waals surface area contributed by atoms with Gasteiger partial charge in [-0.15, -0.1) is 0 Å². The zero-order valence-electron chi connectivity index (χ0n) is 12.7. The fourth-order valence-electron chi connectivity index (χ4n) is 2.59. The first-order valence-corrected chi connectivity index (χ1v) is 7.38. The molecule has 5 nitrogen and oxygen atoms in total. The molecule has 8 heteroatoms. The van der Waals surface area contributed by atoms with Gasteiger partial charge in [-0.3, -0.25) is 0 Å². The molecule has 0 radical (unpaired) electrons. The molecule has 0 N–H and O–H groups in total. The Kier molecular flexibility index (Phi) is 4.25. The number of halogens is 3. The fraction of sp³-hybridized carbons (Fsp3) is 0.312. The Labute approximate surface area is 137 Å². The molecular formula is C16H14F3N5. The van der Waals surface area contributed by atoms with E-state index in [1.165, 1.54) is 12.1 Å². The molecule has 2 heterocycles. The van der Waals surface area contributed by atoms with Crippen molar-refractivity contribution in [1.29, 1.82) is 5.26 Å². The second-order valence-electron chi connectivity index (χ2n) is 5.37. The van der Waals surface area contributed by atoms with E-state index in [0.29, 0.717) is 37.8 Å². The van der Waals surface area contributed by atoms with Gasteiger partial charge < -0.3 is 9.80 Å². The van der Waals surface area contributed by atoms with Gasteiger partial charge in [-0.1, -0.05) is 0 Å². The van der Waals surface area contributed by atoms with Crippen LogP contribution in [0, 0.1) is 11.3 Å². The van der Waals surface area contributed by atoms with Crippen LogP contribution in [0.5, 0.6) is 0 Å². The van der Waals surface area contributed by atoms with Gasteiger partial charge in [0.05, 0.1) is 5.56 Å². The van der Waals surface area contributed by atoms with Crippen LogP contribution in [0.4, 0.5) is 24.8 Å². The molecule has 1 saturated heterocycles. The molecule has 124 valence electrons. The van der Waals surface area contributed by atoms with Crippen LogP contribution in [0.25, 0.3) is 0 Å². The van der Waals surface area contributed by atoms with Gasteiger partial charge in [-0.2, -0.15) is 18.4 Å². The van der Waals surface area contributed by atoms with E-state index in [0.717, 1.165) is 17.8 Å². The maximum absolute atomic E-state index is 12.6. The summed E-state index contributed by atoms with van der Waals surface area (Å²) in [6.45, 7) is 2.56. The van der Waals surface area contributed by atoms with Crippen molar-refractivity contribution < 1.29 is 13.2 Å². The number of rotatable bonds is 2. The third kappa shape index (κ3) is 3.40. The van der Waals surface area contributed by atoms with E-state index in [2.05, 4.69) is 9.97 Å². The predicted octanol–water partition coefficient (Wildman–Crippen LogP) is 2.69. The highest BCUT2D eigenvalue weighted by atomic mass is 19.4. The summed E-state index contributed by atoms with van der Waals surface area (Å²) in [4.78, 5) is 12.3. The monoisotopic (exact) mass is 333 g/mol. The van der Waals surface area contributed by atoms with Gasteiger partial charge in [0.2, 0.25) is 5.95 Å². The second kappa shape index (κ2) is 6.35.